The molecule has 0 aromatic heterocycles. The summed E-state index contributed by atoms with van der Waals surface area (Å²) >= 11 is 7.49. The average Bonchev–Trinajstić information content (AvgIpc) is 2.69. The molecule has 1 aliphatic rings. The van der Waals surface area contributed by atoms with Crippen LogP contribution in [0.3, 0.4) is 0 Å². The minimum absolute atomic E-state index is 0.170. The van der Waals surface area contributed by atoms with Gasteiger partial charge in [-0.1, -0.05) is 41.9 Å². The summed E-state index contributed by atoms with van der Waals surface area (Å²) in [6.07, 6.45) is -0.987. The fourth-order valence-corrected chi connectivity index (χ4v) is 3.85. The van der Waals surface area contributed by atoms with Gasteiger partial charge in [-0.25, -0.2) is 0 Å². The summed E-state index contributed by atoms with van der Waals surface area (Å²) in [6.45, 7) is 1.48. The lowest BCUT2D eigenvalue weighted by atomic mass is 10.2. The number of benzene rings is 2. The molecule has 146 valence electrons. The smallest absolute Gasteiger partial charge is 0.326 e. The Hall–Kier alpha value is -2.51. The normalized spacial score (nSPS) is 14.2. The zero-order chi connectivity index (χ0) is 20.1. The molecule has 1 atom stereocenters. The van der Waals surface area contributed by atoms with Crippen LogP contribution in [0, 0.1) is 0 Å². The summed E-state index contributed by atoms with van der Waals surface area (Å²) in [5.41, 5.74) is 1.44. The maximum Gasteiger partial charge on any atom is 0.326 e. The van der Waals surface area contributed by atoms with E-state index < -0.39 is 18.0 Å². The van der Waals surface area contributed by atoms with E-state index in [9.17, 15) is 14.4 Å². The van der Waals surface area contributed by atoms with Crippen molar-refractivity contribution in [3.63, 3.8) is 0 Å². The molecular formula is C20H19ClN2O4S. The van der Waals surface area contributed by atoms with Gasteiger partial charge in [0, 0.05) is 16.5 Å². The first kappa shape index (κ1) is 20.2. The van der Waals surface area contributed by atoms with Gasteiger partial charge in [-0.05, 0) is 30.7 Å². The topological polar surface area (TPSA) is 75.7 Å². The molecule has 28 heavy (non-hydrogen) atoms. The first-order valence-electron chi connectivity index (χ1n) is 8.68. The molecule has 1 aliphatic heterocycles. The van der Waals surface area contributed by atoms with Crippen molar-refractivity contribution in [2.75, 3.05) is 17.2 Å². The maximum atomic E-state index is 12.3. The van der Waals surface area contributed by atoms with E-state index in [1.54, 1.807) is 30.3 Å². The number of hydrogen-bond donors (Lipinski definition) is 1. The molecule has 1 N–H and O–H groups in total. The van der Waals surface area contributed by atoms with E-state index in [4.69, 9.17) is 16.3 Å². The molecule has 1 unspecified atom stereocenters. The zero-order valence-corrected chi connectivity index (χ0v) is 16.8. The summed E-state index contributed by atoms with van der Waals surface area (Å²) in [5.74, 6) is -0.987. The third-order valence-electron chi connectivity index (χ3n) is 4.18. The molecule has 0 fully saturated rings. The highest BCUT2D eigenvalue weighted by Gasteiger charge is 2.28. The predicted octanol–water partition coefficient (Wildman–Crippen LogP) is 3.03. The Morgan fingerprint density at radius 1 is 1.21 bits per heavy atom. The molecule has 0 bridgehead atoms. The summed E-state index contributed by atoms with van der Waals surface area (Å²) in [6, 6.07) is 14.5. The number of esters is 1. The maximum absolute atomic E-state index is 12.3. The van der Waals surface area contributed by atoms with Gasteiger partial charge in [0.25, 0.3) is 5.91 Å². The van der Waals surface area contributed by atoms with Gasteiger partial charge in [-0.15, -0.1) is 11.8 Å². The first-order valence-corrected chi connectivity index (χ1v) is 10.0. The average molecular weight is 419 g/mol. The molecule has 2 aromatic rings. The number of rotatable bonds is 6. The van der Waals surface area contributed by atoms with Crippen LogP contribution in [0.4, 0.5) is 5.69 Å². The highest BCUT2D eigenvalue weighted by atomic mass is 35.5. The van der Waals surface area contributed by atoms with Gasteiger partial charge in [-0.2, -0.15) is 0 Å². The van der Waals surface area contributed by atoms with Gasteiger partial charge in [0.15, 0.2) is 6.10 Å². The predicted molar refractivity (Wildman–Crippen MR) is 108 cm³/mol. The van der Waals surface area contributed by atoms with Crippen molar-refractivity contribution in [2.45, 2.75) is 24.5 Å². The third-order valence-corrected chi connectivity index (χ3v) is 5.60. The summed E-state index contributed by atoms with van der Waals surface area (Å²) < 4.78 is 5.21. The number of thioether (sulfide) groups is 1. The lowest BCUT2D eigenvalue weighted by molar-refractivity contribution is -0.153. The van der Waals surface area contributed by atoms with Crippen LogP contribution >= 0.6 is 23.4 Å². The largest absolute Gasteiger partial charge is 0.451 e. The molecular weight excluding hydrogens is 400 g/mol. The van der Waals surface area contributed by atoms with Crippen LogP contribution in [0.5, 0.6) is 0 Å². The Labute approximate surface area is 172 Å². The lowest BCUT2D eigenvalue weighted by Gasteiger charge is -2.28. The van der Waals surface area contributed by atoms with Crippen molar-refractivity contribution in [1.29, 1.82) is 0 Å². The SMILES string of the molecule is CC(OC(=O)CN1C(=O)CSc2ccccc21)C(=O)NCc1ccccc1Cl. The lowest BCUT2D eigenvalue weighted by Crippen LogP contribution is -2.42. The Kier molecular flexibility index (Phi) is 6.59. The number of fused-ring (bicyclic) bond motifs is 1. The van der Waals surface area contributed by atoms with E-state index >= 15 is 0 Å². The van der Waals surface area contributed by atoms with Crippen LogP contribution in [-0.4, -0.2) is 36.2 Å². The van der Waals surface area contributed by atoms with Gasteiger partial charge in [0.1, 0.15) is 6.54 Å². The molecule has 0 spiro atoms. The van der Waals surface area contributed by atoms with Crippen LogP contribution < -0.4 is 10.2 Å². The van der Waals surface area contributed by atoms with E-state index in [0.717, 1.165) is 10.5 Å². The number of nitrogens with one attached hydrogen (secondary N) is 1. The monoisotopic (exact) mass is 418 g/mol. The Bertz CT molecular complexity index is 905. The first-order chi connectivity index (χ1) is 13.5. The number of nitrogens with zero attached hydrogens (tertiary/aromatic N) is 1. The number of ether oxygens (including phenoxy) is 1. The van der Waals surface area contributed by atoms with E-state index in [-0.39, 0.29) is 24.7 Å². The van der Waals surface area contributed by atoms with Gasteiger partial charge < -0.3 is 10.1 Å². The van der Waals surface area contributed by atoms with Gasteiger partial charge in [0.05, 0.1) is 11.4 Å². The molecule has 0 aliphatic carbocycles. The Balaban J connectivity index is 1.55. The number of carbonyl (C=O) groups excluding carboxylic acids is 3. The fraction of sp³-hybridized carbons (Fsp3) is 0.250. The zero-order valence-electron chi connectivity index (χ0n) is 15.2. The van der Waals surface area contributed by atoms with Gasteiger partial charge >= 0.3 is 5.97 Å². The van der Waals surface area contributed by atoms with E-state index in [1.165, 1.54) is 23.6 Å². The van der Waals surface area contributed by atoms with Crippen molar-refractivity contribution < 1.29 is 19.1 Å². The molecule has 0 radical (unpaired) electrons. The molecule has 0 saturated carbocycles. The van der Waals surface area contributed by atoms with Crippen molar-refractivity contribution in [3.05, 3.63) is 59.1 Å². The molecule has 6 nitrogen and oxygen atoms in total. The molecule has 3 rings (SSSR count). The number of para-hydroxylation sites is 1. The summed E-state index contributed by atoms with van der Waals surface area (Å²) in [4.78, 5) is 39.0. The number of anilines is 1. The van der Waals surface area contributed by atoms with Crippen LogP contribution in [0.1, 0.15) is 12.5 Å². The molecule has 8 heteroatoms. The van der Waals surface area contributed by atoms with Crippen LogP contribution in [0.2, 0.25) is 5.02 Å². The fourth-order valence-electron chi connectivity index (χ4n) is 2.71. The Morgan fingerprint density at radius 2 is 1.93 bits per heavy atom. The van der Waals surface area contributed by atoms with Crippen LogP contribution in [-0.2, 0) is 25.7 Å². The van der Waals surface area contributed by atoms with Crippen LogP contribution in [0.25, 0.3) is 0 Å². The van der Waals surface area contributed by atoms with E-state index in [1.807, 2.05) is 18.2 Å². The second-order valence-electron chi connectivity index (χ2n) is 6.18. The Morgan fingerprint density at radius 3 is 2.71 bits per heavy atom. The number of halogens is 1. The van der Waals surface area contributed by atoms with E-state index in [2.05, 4.69) is 5.32 Å². The second kappa shape index (κ2) is 9.12. The van der Waals surface area contributed by atoms with Crippen molar-refractivity contribution in [1.82, 2.24) is 5.32 Å². The number of hydrogen-bond acceptors (Lipinski definition) is 5. The van der Waals surface area contributed by atoms with E-state index in [0.29, 0.717) is 10.7 Å². The highest BCUT2D eigenvalue weighted by molar-refractivity contribution is 8.00. The van der Waals surface area contributed by atoms with Gasteiger partial charge in [0.2, 0.25) is 5.91 Å². The molecule has 0 saturated heterocycles. The van der Waals surface area contributed by atoms with Crippen molar-refractivity contribution in [2.24, 2.45) is 0 Å². The van der Waals surface area contributed by atoms with Crippen LogP contribution in [0.15, 0.2) is 53.4 Å². The molecule has 2 aromatic carbocycles. The third kappa shape index (κ3) is 4.85. The minimum Gasteiger partial charge on any atom is -0.451 e. The molecule has 1 heterocycles. The number of carbonyl (C=O) groups is 3. The number of amides is 2. The summed E-state index contributed by atoms with van der Waals surface area (Å²) in [7, 11) is 0. The van der Waals surface area contributed by atoms with Crippen molar-refractivity contribution >= 4 is 46.8 Å². The van der Waals surface area contributed by atoms with Crippen molar-refractivity contribution in [3.8, 4) is 0 Å². The second-order valence-corrected chi connectivity index (χ2v) is 7.60. The summed E-state index contributed by atoms with van der Waals surface area (Å²) in [5, 5.41) is 3.24. The highest BCUT2D eigenvalue weighted by Crippen LogP contribution is 2.34. The standard InChI is InChI=1S/C20H19ClN2O4S/c1-13(20(26)22-10-14-6-2-3-7-15(14)21)27-19(25)11-23-16-8-4-5-9-17(16)28-12-18(23)24/h2-9,13H,10-12H2,1H3,(H,22,26). The van der Waals surface area contributed by atoms with Gasteiger partial charge in [-0.3, -0.25) is 19.3 Å². The quantitative estimate of drug-likeness (QED) is 0.730. The minimum atomic E-state index is -0.987. The molecule has 2 amide bonds.